The maximum Gasteiger partial charge on any atom is 0.239 e. The monoisotopic (exact) mass is 297 g/mol. The summed E-state index contributed by atoms with van der Waals surface area (Å²) in [6, 6.07) is 1.16. The van der Waals surface area contributed by atoms with Crippen molar-refractivity contribution in [3.05, 3.63) is 0 Å². The van der Waals surface area contributed by atoms with Crippen LogP contribution >= 0.6 is 0 Å². The fourth-order valence-electron chi connectivity index (χ4n) is 3.87. The normalized spacial score (nSPS) is 34.2. The summed E-state index contributed by atoms with van der Waals surface area (Å²) in [7, 11) is 3.96. The molecule has 0 bridgehead atoms. The summed E-state index contributed by atoms with van der Waals surface area (Å²) < 4.78 is 5.43. The van der Waals surface area contributed by atoms with Gasteiger partial charge in [-0.25, -0.2) is 0 Å². The number of hydrogen-bond donors (Lipinski definition) is 1. The molecular weight excluding hydrogens is 266 g/mol. The molecule has 1 aliphatic heterocycles. The number of likely N-dealkylation sites (tertiary alicyclic amines) is 1. The van der Waals surface area contributed by atoms with E-state index in [1.165, 1.54) is 0 Å². The maximum absolute atomic E-state index is 12.2. The zero-order valence-electron chi connectivity index (χ0n) is 13.9. The Kier molecular flexibility index (Phi) is 5.63. The molecule has 0 aromatic heterocycles. The zero-order valence-corrected chi connectivity index (χ0v) is 13.9. The lowest BCUT2D eigenvalue weighted by molar-refractivity contribution is -0.133. The molecule has 122 valence electrons. The molecule has 1 unspecified atom stereocenters. The number of methoxy groups -OCH3 is 1. The van der Waals surface area contributed by atoms with Crippen molar-refractivity contribution in [2.45, 2.75) is 63.7 Å². The van der Waals surface area contributed by atoms with Crippen LogP contribution in [-0.2, 0) is 9.53 Å². The highest BCUT2D eigenvalue weighted by molar-refractivity contribution is 5.84. The molecule has 0 spiro atoms. The van der Waals surface area contributed by atoms with Crippen LogP contribution < -0.4 is 5.73 Å². The minimum atomic E-state index is -0.288. The number of hydrogen-bond acceptors (Lipinski definition) is 4. The number of carbonyl (C=O) groups is 1. The van der Waals surface area contributed by atoms with Crippen molar-refractivity contribution in [3.63, 3.8) is 0 Å². The second kappa shape index (κ2) is 7.07. The first-order chi connectivity index (χ1) is 9.95. The van der Waals surface area contributed by atoms with Crippen LogP contribution in [0.15, 0.2) is 0 Å². The molecule has 2 rings (SSSR count). The fraction of sp³-hybridized carbons (Fsp3) is 0.938. The number of rotatable bonds is 5. The number of nitrogens with two attached hydrogens (primary N) is 1. The lowest BCUT2D eigenvalue weighted by Gasteiger charge is -2.44. The van der Waals surface area contributed by atoms with Crippen molar-refractivity contribution in [1.82, 2.24) is 9.80 Å². The first kappa shape index (κ1) is 16.7. The molecule has 5 heteroatoms. The van der Waals surface area contributed by atoms with E-state index in [1.807, 2.05) is 4.90 Å². The van der Waals surface area contributed by atoms with Gasteiger partial charge in [-0.15, -0.1) is 0 Å². The van der Waals surface area contributed by atoms with Gasteiger partial charge < -0.3 is 20.3 Å². The van der Waals surface area contributed by atoms with E-state index in [-0.39, 0.29) is 11.9 Å². The minimum Gasteiger partial charge on any atom is -0.384 e. The molecule has 1 saturated heterocycles. The molecule has 0 radical (unpaired) electrons. The predicted molar refractivity (Wildman–Crippen MR) is 84.0 cm³/mol. The quantitative estimate of drug-likeness (QED) is 0.825. The molecule has 1 amide bonds. The van der Waals surface area contributed by atoms with Gasteiger partial charge in [-0.3, -0.25) is 4.79 Å². The van der Waals surface area contributed by atoms with Crippen molar-refractivity contribution in [2.24, 2.45) is 11.7 Å². The van der Waals surface area contributed by atoms with E-state index in [1.54, 1.807) is 7.11 Å². The summed E-state index contributed by atoms with van der Waals surface area (Å²) in [5.74, 6) is 0.556. The summed E-state index contributed by atoms with van der Waals surface area (Å²) in [5, 5.41) is 0. The molecule has 0 aromatic rings. The van der Waals surface area contributed by atoms with Gasteiger partial charge in [0.15, 0.2) is 0 Å². The van der Waals surface area contributed by atoms with Crippen molar-refractivity contribution in [3.8, 4) is 0 Å². The minimum absolute atomic E-state index is 0.136. The first-order valence-corrected chi connectivity index (χ1v) is 8.22. The maximum atomic E-state index is 12.2. The van der Waals surface area contributed by atoms with Gasteiger partial charge >= 0.3 is 0 Å². The third-order valence-electron chi connectivity index (χ3n) is 5.37. The summed E-state index contributed by atoms with van der Waals surface area (Å²) in [6.07, 6.45) is 4.11. The molecule has 0 aromatic carbocycles. The Morgan fingerprint density at radius 3 is 2.62 bits per heavy atom. The van der Waals surface area contributed by atoms with Gasteiger partial charge in [0.25, 0.3) is 0 Å². The Morgan fingerprint density at radius 2 is 2.10 bits per heavy atom. The molecule has 21 heavy (non-hydrogen) atoms. The first-order valence-electron chi connectivity index (χ1n) is 8.22. The number of nitrogens with zero attached hydrogens (tertiary/aromatic N) is 2. The number of ether oxygens (including phenoxy) is 1. The van der Waals surface area contributed by atoms with Crippen LogP contribution in [0.4, 0.5) is 0 Å². The van der Waals surface area contributed by atoms with Crippen molar-refractivity contribution in [2.75, 3.05) is 27.3 Å². The lowest BCUT2D eigenvalue weighted by Crippen LogP contribution is -2.52. The summed E-state index contributed by atoms with van der Waals surface area (Å²) >= 11 is 0. The van der Waals surface area contributed by atoms with Crippen molar-refractivity contribution < 1.29 is 9.53 Å². The van der Waals surface area contributed by atoms with Gasteiger partial charge in [-0.05, 0) is 46.6 Å². The zero-order chi connectivity index (χ0) is 15.6. The van der Waals surface area contributed by atoms with Crippen LogP contribution in [0.2, 0.25) is 0 Å². The van der Waals surface area contributed by atoms with E-state index in [0.717, 1.165) is 38.8 Å². The second-order valence-corrected chi connectivity index (χ2v) is 6.94. The highest BCUT2D eigenvalue weighted by Gasteiger charge is 2.41. The molecule has 1 heterocycles. The van der Waals surface area contributed by atoms with Crippen molar-refractivity contribution in [1.29, 1.82) is 0 Å². The third kappa shape index (κ3) is 3.58. The Balaban J connectivity index is 2.05. The largest absolute Gasteiger partial charge is 0.384 e. The van der Waals surface area contributed by atoms with Gasteiger partial charge in [-0.1, -0.05) is 0 Å². The number of carbonyl (C=O) groups excluding carboxylic acids is 1. The molecule has 2 N–H and O–H groups in total. The van der Waals surface area contributed by atoms with Gasteiger partial charge in [0.1, 0.15) is 0 Å². The summed E-state index contributed by atoms with van der Waals surface area (Å²) in [6.45, 7) is 6.02. The Hall–Kier alpha value is -0.650. The van der Waals surface area contributed by atoms with Gasteiger partial charge in [0, 0.05) is 37.7 Å². The van der Waals surface area contributed by atoms with Gasteiger partial charge in [0.05, 0.1) is 12.6 Å². The highest BCUT2D eigenvalue weighted by Crippen LogP contribution is 2.33. The van der Waals surface area contributed by atoms with Crippen LogP contribution in [0.3, 0.4) is 0 Å². The summed E-state index contributed by atoms with van der Waals surface area (Å²) in [5.41, 5.74) is 5.88. The molecule has 2 aliphatic rings. The van der Waals surface area contributed by atoms with E-state index in [0.29, 0.717) is 24.0 Å². The molecule has 5 nitrogen and oxygen atoms in total. The van der Waals surface area contributed by atoms with E-state index < -0.39 is 0 Å². The van der Waals surface area contributed by atoms with Crippen LogP contribution in [0, 0.1) is 5.92 Å². The Labute approximate surface area is 128 Å². The average molecular weight is 297 g/mol. The molecular formula is C16H31N3O2. The lowest BCUT2D eigenvalue weighted by atomic mass is 9.80. The SMILES string of the molecule is COC[C@@H]1C[C@H](N(C)C(C)C)CC[C@@H]1N1CCC(N)C1=O. The average Bonchev–Trinajstić information content (AvgIpc) is 2.78. The predicted octanol–water partition coefficient (Wildman–Crippen LogP) is 1.07. The number of amides is 1. The smallest absolute Gasteiger partial charge is 0.239 e. The molecule has 4 atom stereocenters. The van der Waals surface area contributed by atoms with Gasteiger partial charge in [0.2, 0.25) is 5.91 Å². The molecule has 1 saturated carbocycles. The topological polar surface area (TPSA) is 58.8 Å². The Morgan fingerprint density at radius 1 is 1.38 bits per heavy atom. The van der Waals surface area contributed by atoms with E-state index in [2.05, 4.69) is 25.8 Å². The fourth-order valence-corrected chi connectivity index (χ4v) is 3.87. The van der Waals surface area contributed by atoms with Crippen LogP contribution in [0.25, 0.3) is 0 Å². The summed E-state index contributed by atoms with van der Waals surface area (Å²) in [4.78, 5) is 16.7. The van der Waals surface area contributed by atoms with Crippen LogP contribution in [0.5, 0.6) is 0 Å². The molecule has 1 aliphatic carbocycles. The van der Waals surface area contributed by atoms with E-state index >= 15 is 0 Å². The van der Waals surface area contributed by atoms with E-state index in [9.17, 15) is 4.79 Å². The second-order valence-electron chi connectivity index (χ2n) is 6.94. The standard InChI is InChI=1S/C16H31N3O2/c1-11(2)18(3)13-5-6-15(12(9-13)10-21-4)19-8-7-14(17)16(19)20/h11-15H,5-10,17H2,1-4H3/t12-,13+,14?,15-/m0/s1. The van der Waals surface area contributed by atoms with Crippen LogP contribution in [0.1, 0.15) is 39.5 Å². The van der Waals surface area contributed by atoms with E-state index in [4.69, 9.17) is 10.5 Å². The Bertz CT molecular complexity index is 361. The molecule has 2 fully saturated rings. The van der Waals surface area contributed by atoms with Crippen LogP contribution in [-0.4, -0.2) is 67.2 Å². The van der Waals surface area contributed by atoms with Gasteiger partial charge in [-0.2, -0.15) is 0 Å². The van der Waals surface area contributed by atoms with Crippen molar-refractivity contribution >= 4 is 5.91 Å². The third-order valence-corrected chi connectivity index (χ3v) is 5.37. The highest BCUT2D eigenvalue weighted by atomic mass is 16.5.